The zero-order chi connectivity index (χ0) is 11.4. The fourth-order valence-corrected chi connectivity index (χ4v) is 1.73. The summed E-state index contributed by atoms with van der Waals surface area (Å²) >= 11 is 0. The molecule has 0 fully saturated rings. The molecule has 0 saturated carbocycles. The average molecular weight is 209 g/mol. The SMILES string of the molecule is C=C(C(C)C)N(CC)C1=CC=CC(F)C1. The van der Waals surface area contributed by atoms with Crippen LogP contribution in [-0.4, -0.2) is 17.6 Å². The first-order chi connectivity index (χ1) is 7.06. The molecular formula is C13H20FN. The molecular weight excluding hydrogens is 189 g/mol. The molecule has 2 heteroatoms. The third kappa shape index (κ3) is 2.95. The second-order valence-electron chi connectivity index (χ2n) is 4.15. The van der Waals surface area contributed by atoms with Gasteiger partial charge in [-0.3, -0.25) is 0 Å². The van der Waals surface area contributed by atoms with Gasteiger partial charge < -0.3 is 4.90 Å². The summed E-state index contributed by atoms with van der Waals surface area (Å²) in [5.41, 5.74) is 2.09. The van der Waals surface area contributed by atoms with Gasteiger partial charge in [0.2, 0.25) is 0 Å². The van der Waals surface area contributed by atoms with Gasteiger partial charge in [-0.05, 0) is 18.9 Å². The molecule has 1 atom stereocenters. The molecule has 1 unspecified atom stereocenters. The van der Waals surface area contributed by atoms with E-state index in [2.05, 4.69) is 32.3 Å². The normalized spacial score (nSPS) is 20.3. The highest BCUT2D eigenvalue weighted by atomic mass is 19.1. The van der Waals surface area contributed by atoms with E-state index in [0.29, 0.717) is 12.3 Å². The Labute approximate surface area is 92.0 Å². The lowest BCUT2D eigenvalue weighted by Gasteiger charge is -2.31. The van der Waals surface area contributed by atoms with Gasteiger partial charge in [0.25, 0.3) is 0 Å². The van der Waals surface area contributed by atoms with Gasteiger partial charge in [0.15, 0.2) is 0 Å². The predicted octanol–water partition coefficient (Wildman–Crippen LogP) is 3.66. The number of alkyl halides is 1. The predicted molar refractivity (Wildman–Crippen MR) is 63.1 cm³/mol. The zero-order valence-electron chi connectivity index (χ0n) is 9.83. The van der Waals surface area contributed by atoms with Crippen LogP contribution in [0.25, 0.3) is 0 Å². The van der Waals surface area contributed by atoms with Crippen molar-refractivity contribution in [2.24, 2.45) is 5.92 Å². The summed E-state index contributed by atoms with van der Waals surface area (Å²) in [5.74, 6) is 0.398. The van der Waals surface area contributed by atoms with Gasteiger partial charge in [0, 0.05) is 24.4 Å². The van der Waals surface area contributed by atoms with E-state index in [1.807, 2.05) is 6.08 Å². The van der Waals surface area contributed by atoms with Crippen molar-refractivity contribution < 1.29 is 4.39 Å². The van der Waals surface area contributed by atoms with Gasteiger partial charge >= 0.3 is 0 Å². The van der Waals surface area contributed by atoms with Crippen molar-refractivity contribution in [1.82, 2.24) is 4.90 Å². The van der Waals surface area contributed by atoms with Crippen LogP contribution in [0.2, 0.25) is 0 Å². The van der Waals surface area contributed by atoms with Crippen LogP contribution in [-0.2, 0) is 0 Å². The van der Waals surface area contributed by atoms with Crippen LogP contribution in [0.5, 0.6) is 0 Å². The van der Waals surface area contributed by atoms with Crippen LogP contribution in [0, 0.1) is 5.92 Å². The van der Waals surface area contributed by atoms with Crippen molar-refractivity contribution in [3.63, 3.8) is 0 Å². The molecule has 0 saturated heterocycles. The third-order valence-electron chi connectivity index (χ3n) is 2.69. The first-order valence-electron chi connectivity index (χ1n) is 5.54. The topological polar surface area (TPSA) is 3.24 Å². The molecule has 1 nitrogen and oxygen atoms in total. The summed E-state index contributed by atoms with van der Waals surface area (Å²) in [6, 6.07) is 0. The number of hydrogen-bond donors (Lipinski definition) is 0. The van der Waals surface area contributed by atoms with Crippen molar-refractivity contribution in [2.45, 2.75) is 33.4 Å². The van der Waals surface area contributed by atoms with E-state index in [1.165, 1.54) is 0 Å². The van der Waals surface area contributed by atoms with E-state index in [9.17, 15) is 4.39 Å². The van der Waals surface area contributed by atoms with Crippen LogP contribution in [0.3, 0.4) is 0 Å². The monoisotopic (exact) mass is 209 g/mol. The number of halogens is 1. The Kier molecular flexibility index (Phi) is 4.13. The van der Waals surface area contributed by atoms with Crippen molar-refractivity contribution in [1.29, 1.82) is 0 Å². The zero-order valence-corrected chi connectivity index (χ0v) is 9.83. The van der Waals surface area contributed by atoms with E-state index >= 15 is 0 Å². The summed E-state index contributed by atoms with van der Waals surface area (Å²) in [5, 5.41) is 0. The Bertz CT molecular complexity index is 289. The summed E-state index contributed by atoms with van der Waals surface area (Å²) in [4.78, 5) is 2.11. The van der Waals surface area contributed by atoms with Crippen LogP contribution in [0.15, 0.2) is 36.2 Å². The average Bonchev–Trinajstić information content (AvgIpc) is 2.18. The molecule has 0 heterocycles. The van der Waals surface area contributed by atoms with E-state index in [0.717, 1.165) is 17.9 Å². The maximum atomic E-state index is 13.2. The minimum absolute atomic E-state index is 0.398. The molecule has 1 rings (SSSR count). The van der Waals surface area contributed by atoms with Crippen molar-refractivity contribution in [3.05, 3.63) is 36.2 Å². The lowest BCUT2D eigenvalue weighted by atomic mass is 10.0. The Balaban J connectivity index is 2.79. The Morgan fingerprint density at radius 3 is 2.80 bits per heavy atom. The van der Waals surface area contributed by atoms with E-state index in [4.69, 9.17) is 0 Å². The molecule has 0 spiro atoms. The standard InChI is InChI=1S/C13H20FN/c1-5-15(11(4)10(2)3)13-8-6-7-12(14)9-13/h6-8,10,12H,4-5,9H2,1-3H3. The highest BCUT2D eigenvalue weighted by Crippen LogP contribution is 2.25. The highest BCUT2D eigenvalue weighted by Gasteiger charge is 2.18. The molecule has 0 amide bonds. The molecule has 0 aromatic carbocycles. The Morgan fingerprint density at radius 2 is 2.33 bits per heavy atom. The summed E-state index contributed by atoms with van der Waals surface area (Å²) < 4.78 is 13.2. The quantitative estimate of drug-likeness (QED) is 0.683. The second-order valence-corrected chi connectivity index (χ2v) is 4.15. The molecule has 0 bridgehead atoms. The van der Waals surface area contributed by atoms with Crippen molar-refractivity contribution in [3.8, 4) is 0 Å². The maximum absolute atomic E-state index is 13.2. The van der Waals surface area contributed by atoms with Gasteiger partial charge in [-0.2, -0.15) is 0 Å². The van der Waals surface area contributed by atoms with Crippen LogP contribution >= 0.6 is 0 Å². The molecule has 0 aromatic heterocycles. The van der Waals surface area contributed by atoms with Crippen LogP contribution in [0.4, 0.5) is 4.39 Å². The molecule has 1 aliphatic carbocycles. The van der Waals surface area contributed by atoms with Crippen molar-refractivity contribution in [2.75, 3.05) is 6.54 Å². The molecule has 0 N–H and O–H groups in total. The second kappa shape index (κ2) is 5.15. The van der Waals surface area contributed by atoms with Gasteiger partial charge in [-0.15, -0.1) is 0 Å². The fraction of sp³-hybridized carbons (Fsp3) is 0.538. The van der Waals surface area contributed by atoms with Gasteiger partial charge in [0.05, 0.1) is 0 Å². The highest BCUT2D eigenvalue weighted by molar-refractivity contribution is 5.23. The van der Waals surface area contributed by atoms with E-state index in [1.54, 1.807) is 12.2 Å². The molecule has 0 aromatic rings. The minimum Gasteiger partial charge on any atom is -0.349 e. The summed E-state index contributed by atoms with van der Waals surface area (Å²) in [6.07, 6.45) is 4.98. The number of rotatable bonds is 4. The Hall–Kier alpha value is -1.05. The minimum atomic E-state index is -0.848. The fourth-order valence-electron chi connectivity index (χ4n) is 1.73. The van der Waals surface area contributed by atoms with Gasteiger partial charge in [-0.25, -0.2) is 4.39 Å². The first kappa shape index (κ1) is 12.0. The number of allylic oxidation sites excluding steroid dienone is 5. The number of nitrogens with zero attached hydrogens (tertiary/aromatic N) is 1. The number of hydrogen-bond acceptors (Lipinski definition) is 1. The van der Waals surface area contributed by atoms with Gasteiger partial charge in [0.1, 0.15) is 6.17 Å². The van der Waals surface area contributed by atoms with E-state index < -0.39 is 6.17 Å². The smallest absolute Gasteiger partial charge is 0.124 e. The molecule has 1 aliphatic rings. The lowest BCUT2D eigenvalue weighted by Crippen LogP contribution is -2.26. The Morgan fingerprint density at radius 1 is 1.67 bits per heavy atom. The first-order valence-corrected chi connectivity index (χ1v) is 5.54. The molecule has 0 aliphatic heterocycles. The van der Waals surface area contributed by atoms with E-state index in [-0.39, 0.29) is 0 Å². The van der Waals surface area contributed by atoms with Gasteiger partial charge in [-0.1, -0.05) is 32.6 Å². The molecule has 15 heavy (non-hydrogen) atoms. The summed E-state index contributed by atoms with van der Waals surface area (Å²) in [6.45, 7) is 11.2. The van der Waals surface area contributed by atoms with Crippen molar-refractivity contribution >= 4 is 0 Å². The third-order valence-corrected chi connectivity index (χ3v) is 2.69. The van der Waals surface area contributed by atoms with Crippen LogP contribution < -0.4 is 0 Å². The molecule has 0 radical (unpaired) electrons. The molecule has 84 valence electrons. The maximum Gasteiger partial charge on any atom is 0.124 e. The largest absolute Gasteiger partial charge is 0.349 e. The summed E-state index contributed by atoms with van der Waals surface area (Å²) in [7, 11) is 0. The lowest BCUT2D eigenvalue weighted by molar-refractivity contribution is 0.330. The van der Waals surface area contributed by atoms with Crippen LogP contribution in [0.1, 0.15) is 27.2 Å².